The maximum Gasteiger partial charge on any atom is 0.271 e. The third kappa shape index (κ3) is 4.19. The fraction of sp³-hybridized carbons (Fsp3) is 0.120. The van der Waals surface area contributed by atoms with E-state index in [1.165, 1.54) is 17.7 Å². The Hall–Kier alpha value is -3.93. The number of halogens is 1. The Morgan fingerprint density at radius 3 is 2.29 bits per heavy atom. The molecular weight excluding hydrogens is 395 g/mol. The Morgan fingerprint density at radius 2 is 1.61 bits per heavy atom. The van der Waals surface area contributed by atoms with Crippen molar-refractivity contribution in [2.75, 3.05) is 16.8 Å². The molecule has 156 valence electrons. The molecule has 0 saturated carbocycles. The predicted molar refractivity (Wildman–Crippen MR) is 121 cm³/mol. The van der Waals surface area contributed by atoms with E-state index in [9.17, 15) is 19.1 Å². The molecule has 4 aromatic carbocycles. The van der Waals surface area contributed by atoms with E-state index in [4.69, 9.17) is 0 Å². The van der Waals surface area contributed by atoms with Crippen molar-refractivity contribution in [2.24, 2.45) is 0 Å². The smallest absolute Gasteiger partial charge is 0.271 e. The summed E-state index contributed by atoms with van der Waals surface area (Å²) < 4.78 is 13.5. The zero-order chi connectivity index (χ0) is 22.0. The molecule has 0 radical (unpaired) electrons. The Morgan fingerprint density at radius 1 is 0.903 bits per heavy atom. The summed E-state index contributed by atoms with van der Waals surface area (Å²) in [6.45, 7) is 2.75. The third-order valence-corrected chi connectivity index (χ3v) is 5.28. The Bertz CT molecular complexity index is 1260. The second kappa shape index (κ2) is 8.44. The lowest BCUT2D eigenvalue weighted by atomic mass is 10.00. The Labute approximate surface area is 178 Å². The molecule has 0 spiro atoms. The van der Waals surface area contributed by atoms with Crippen molar-refractivity contribution in [1.82, 2.24) is 0 Å². The lowest BCUT2D eigenvalue weighted by molar-refractivity contribution is 0.466. The minimum absolute atomic E-state index is 0.104. The Balaban J connectivity index is 1.67. The van der Waals surface area contributed by atoms with E-state index in [2.05, 4.69) is 29.3 Å². The van der Waals surface area contributed by atoms with Gasteiger partial charge in [0.15, 0.2) is 5.75 Å². The topological polar surface area (TPSA) is 69.6 Å². The fourth-order valence-electron chi connectivity index (χ4n) is 3.53. The lowest BCUT2D eigenvalue weighted by Gasteiger charge is -2.29. The van der Waals surface area contributed by atoms with Crippen molar-refractivity contribution in [1.29, 1.82) is 0 Å². The first kappa shape index (κ1) is 20.3. The average molecular weight is 416 g/mol. The molecule has 2 N–H and O–H groups in total. The number of aromatic hydroxyl groups is 1. The summed E-state index contributed by atoms with van der Waals surface area (Å²) >= 11 is 0. The number of nitrogens with zero attached hydrogens (tertiary/aromatic N) is 1. The first-order valence-electron chi connectivity index (χ1n) is 9.91. The van der Waals surface area contributed by atoms with Gasteiger partial charge in [-0.3, -0.25) is 9.59 Å². The van der Waals surface area contributed by atoms with Crippen molar-refractivity contribution in [3.05, 3.63) is 111 Å². The zero-order valence-electron chi connectivity index (χ0n) is 16.9. The minimum Gasteiger partial charge on any atom is -0.502 e. The largest absolute Gasteiger partial charge is 0.502 e. The monoisotopic (exact) mass is 416 g/mol. The molecule has 0 bridgehead atoms. The van der Waals surface area contributed by atoms with Crippen LogP contribution in [0.3, 0.4) is 0 Å². The van der Waals surface area contributed by atoms with Crippen LogP contribution in [0.15, 0.2) is 88.5 Å². The van der Waals surface area contributed by atoms with Gasteiger partial charge in [-0.2, -0.15) is 0 Å². The molecule has 1 unspecified atom stereocenters. The molecule has 4 aromatic rings. The van der Waals surface area contributed by atoms with Gasteiger partial charge in [-0.25, -0.2) is 4.39 Å². The third-order valence-electron chi connectivity index (χ3n) is 5.28. The van der Waals surface area contributed by atoms with Crippen LogP contribution < -0.4 is 21.1 Å². The molecule has 0 aliphatic rings. The highest BCUT2D eigenvalue weighted by molar-refractivity contribution is 5.73. The predicted octanol–water partition coefficient (Wildman–Crippen LogP) is 4.81. The summed E-state index contributed by atoms with van der Waals surface area (Å²) in [5.74, 6) is -0.685. The SMILES string of the molecule is CC(CN(c1ccc(F)cc1)c1cccc(Nc2c(O)c(=O)c2=O)c1)c1ccccc1. The van der Waals surface area contributed by atoms with Crippen molar-refractivity contribution in [3.63, 3.8) is 0 Å². The maximum atomic E-state index is 13.5. The van der Waals surface area contributed by atoms with Gasteiger partial charge in [-0.1, -0.05) is 43.3 Å². The zero-order valence-corrected chi connectivity index (χ0v) is 16.9. The summed E-state index contributed by atoms with van der Waals surface area (Å²) in [5.41, 5.74) is 1.64. The van der Waals surface area contributed by atoms with Crippen LogP contribution in [0.2, 0.25) is 0 Å². The number of benzene rings is 3. The summed E-state index contributed by atoms with van der Waals surface area (Å²) in [7, 11) is 0. The second-order valence-corrected chi connectivity index (χ2v) is 7.46. The molecule has 31 heavy (non-hydrogen) atoms. The molecule has 0 saturated heterocycles. The van der Waals surface area contributed by atoms with Crippen LogP contribution in [0.25, 0.3) is 0 Å². The van der Waals surface area contributed by atoms with Crippen molar-refractivity contribution in [3.8, 4) is 5.75 Å². The van der Waals surface area contributed by atoms with E-state index in [1.807, 2.05) is 36.4 Å². The average Bonchev–Trinajstić information content (AvgIpc) is 2.81. The maximum absolute atomic E-state index is 13.5. The first-order valence-corrected chi connectivity index (χ1v) is 9.91. The van der Waals surface area contributed by atoms with E-state index in [-0.39, 0.29) is 17.4 Å². The van der Waals surface area contributed by atoms with Gasteiger partial charge in [0.25, 0.3) is 10.9 Å². The molecule has 0 aromatic heterocycles. The van der Waals surface area contributed by atoms with Crippen molar-refractivity contribution < 1.29 is 9.50 Å². The second-order valence-electron chi connectivity index (χ2n) is 7.46. The van der Waals surface area contributed by atoms with Gasteiger partial charge in [-0.05, 0) is 53.9 Å². The van der Waals surface area contributed by atoms with Gasteiger partial charge < -0.3 is 15.3 Å². The highest BCUT2D eigenvalue weighted by Crippen LogP contribution is 2.32. The van der Waals surface area contributed by atoms with Crippen LogP contribution in [0.4, 0.5) is 27.1 Å². The minimum atomic E-state index is -0.886. The molecular formula is C25H21FN2O3. The van der Waals surface area contributed by atoms with Gasteiger partial charge >= 0.3 is 0 Å². The number of nitrogens with one attached hydrogen (secondary N) is 1. The van der Waals surface area contributed by atoms with Gasteiger partial charge in [-0.15, -0.1) is 0 Å². The molecule has 0 aliphatic carbocycles. The van der Waals surface area contributed by atoms with Crippen molar-refractivity contribution in [2.45, 2.75) is 12.8 Å². The number of anilines is 4. The van der Waals surface area contributed by atoms with E-state index >= 15 is 0 Å². The number of hydrogen-bond acceptors (Lipinski definition) is 5. The highest BCUT2D eigenvalue weighted by atomic mass is 19.1. The van der Waals surface area contributed by atoms with Crippen molar-refractivity contribution >= 4 is 22.7 Å². The van der Waals surface area contributed by atoms with E-state index in [1.54, 1.807) is 18.2 Å². The molecule has 0 fully saturated rings. The quantitative estimate of drug-likeness (QED) is 0.423. The van der Waals surface area contributed by atoms with Gasteiger partial charge in [0.1, 0.15) is 11.5 Å². The van der Waals surface area contributed by atoms with Crippen LogP contribution in [-0.4, -0.2) is 11.7 Å². The summed E-state index contributed by atoms with van der Waals surface area (Å²) in [6.07, 6.45) is 0. The van der Waals surface area contributed by atoms with Gasteiger partial charge in [0.05, 0.1) is 0 Å². The van der Waals surface area contributed by atoms with Crippen LogP contribution in [0.1, 0.15) is 18.4 Å². The lowest BCUT2D eigenvalue weighted by Crippen LogP contribution is -2.32. The first-order chi connectivity index (χ1) is 14.9. The van der Waals surface area contributed by atoms with Crippen LogP contribution in [-0.2, 0) is 0 Å². The normalized spacial score (nSPS) is 11.9. The molecule has 6 heteroatoms. The molecule has 1 atom stereocenters. The van der Waals surface area contributed by atoms with Gasteiger partial charge in [0, 0.05) is 23.6 Å². The van der Waals surface area contributed by atoms with E-state index in [0.29, 0.717) is 12.2 Å². The molecule has 4 rings (SSSR count). The van der Waals surface area contributed by atoms with E-state index < -0.39 is 16.6 Å². The summed E-state index contributed by atoms with van der Waals surface area (Å²) in [5, 5.41) is 12.5. The molecule has 0 amide bonds. The summed E-state index contributed by atoms with van der Waals surface area (Å²) in [4.78, 5) is 25.0. The van der Waals surface area contributed by atoms with Crippen LogP contribution in [0.5, 0.6) is 5.75 Å². The number of rotatable bonds is 7. The summed E-state index contributed by atoms with van der Waals surface area (Å²) in [6, 6.07) is 23.6. The number of hydrogen-bond donors (Lipinski definition) is 2. The molecule has 5 nitrogen and oxygen atoms in total. The molecule has 0 aliphatic heterocycles. The van der Waals surface area contributed by atoms with Crippen LogP contribution in [0, 0.1) is 5.82 Å². The highest BCUT2D eigenvalue weighted by Gasteiger charge is 2.21. The standard InChI is InChI=1S/C25H21FN2O3/c1-16(17-6-3-2-4-7-17)15-28(20-12-10-18(26)11-13-20)21-9-5-8-19(14-21)27-22-23(29)25(31)24(22)30/h2-14,16,27,29H,15H2,1H3. The van der Waals surface area contributed by atoms with E-state index in [0.717, 1.165) is 11.4 Å². The molecule has 0 heterocycles. The van der Waals surface area contributed by atoms with Crippen LogP contribution >= 0.6 is 0 Å². The fourth-order valence-corrected chi connectivity index (χ4v) is 3.53. The van der Waals surface area contributed by atoms with Gasteiger partial charge in [0.2, 0.25) is 0 Å². The Kier molecular flexibility index (Phi) is 5.54.